The maximum absolute atomic E-state index is 13.2. The highest BCUT2D eigenvalue weighted by Gasteiger charge is 2.27. The smallest absolute Gasteiger partial charge is 0.123 e. The molecule has 0 aromatic heterocycles. The largest absolute Gasteiger partial charge is 0.379 e. The Morgan fingerprint density at radius 1 is 1.50 bits per heavy atom. The fourth-order valence-electron chi connectivity index (χ4n) is 2.59. The molecule has 1 aliphatic rings. The van der Waals surface area contributed by atoms with E-state index < -0.39 is 0 Å². The predicted octanol–water partition coefficient (Wildman–Crippen LogP) is 2.15. The van der Waals surface area contributed by atoms with Crippen LogP contribution in [0.2, 0.25) is 0 Å². The van der Waals surface area contributed by atoms with Gasteiger partial charge < -0.3 is 15.4 Å². The van der Waals surface area contributed by atoms with Gasteiger partial charge in [-0.05, 0) is 36.1 Å². The fourth-order valence-corrected chi connectivity index (χ4v) is 2.59. The third-order valence-corrected chi connectivity index (χ3v) is 3.79. The lowest BCUT2D eigenvalue weighted by Crippen LogP contribution is -2.44. The second-order valence-electron chi connectivity index (χ2n) is 4.96. The highest BCUT2D eigenvalue weighted by atomic mass is 19.1. The summed E-state index contributed by atoms with van der Waals surface area (Å²) in [7, 11) is 1.75. The molecule has 1 aliphatic heterocycles. The predicted molar refractivity (Wildman–Crippen MR) is 71.1 cm³/mol. The molecule has 0 amide bonds. The summed E-state index contributed by atoms with van der Waals surface area (Å²) < 4.78 is 18.7. The molecular weight excluding hydrogens is 231 g/mol. The molecule has 0 aliphatic carbocycles. The van der Waals surface area contributed by atoms with Gasteiger partial charge >= 0.3 is 0 Å². The summed E-state index contributed by atoms with van der Waals surface area (Å²) in [6.07, 6.45) is 1.31. The van der Waals surface area contributed by atoms with Gasteiger partial charge in [-0.2, -0.15) is 0 Å². The van der Waals surface area contributed by atoms with Crippen molar-refractivity contribution in [2.24, 2.45) is 11.7 Å². The van der Waals surface area contributed by atoms with Crippen molar-refractivity contribution in [1.82, 2.24) is 0 Å². The van der Waals surface area contributed by atoms with E-state index in [1.807, 2.05) is 6.07 Å². The summed E-state index contributed by atoms with van der Waals surface area (Å²) in [6, 6.07) is 4.84. The van der Waals surface area contributed by atoms with Gasteiger partial charge in [0.2, 0.25) is 0 Å². The Labute approximate surface area is 108 Å². The molecule has 4 heteroatoms. The SMILES string of the molecule is COC1CN(c2ccc(F)cc2CN)CCC1C. The van der Waals surface area contributed by atoms with E-state index in [0.717, 1.165) is 30.8 Å². The van der Waals surface area contributed by atoms with Crippen LogP contribution in [0.15, 0.2) is 18.2 Å². The number of hydrogen-bond acceptors (Lipinski definition) is 3. The van der Waals surface area contributed by atoms with Crippen LogP contribution in [0, 0.1) is 11.7 Å². The van der Waals surface area contributed by atoms with Crippen molar-refractivity contribution in [3.05, 3.63) is 29.6 Å². The van der Waals surface area contributed by atoms with Crippen molar-refractivity contribution >= 4 is 5.69 Å². The highest BCUT2D eigenvalue weighted by molar-refractivity contribution is 5.54. The standard InChI is InChI=1S/C14H21FN2O/c1-10-5-6-17(9-14(10)18-2)13-4-3-12(15)7-11(13)8-16/h3-4,7,10,14H,5-6,8-9,16H2,1-2H3. The third kappa shape index (κ3) is 2.65. The van der Waals surface area contributed by atoms with Crippen LogP contribution in [-0.2, 0) is 11.3 Å². The number of methoxy groups -OCH3 is 1. The van der Waals surface area contributed by atoms with Gasteiger partial charge in [-0.15, -0.1) is 0 Å². The molecule has 1 aromatic carbocycles. The van der Waals surface area contributed by atoms with E-state index in [4.69, 9.17) is 10.5 Å². The molecule has 18 heavy (non-hydrogen) atoms. The Morgan fingerprint density at radius 3 is 2.94 bits per heavy atom. The summed E-state index contributed by atoms with van der Waals surface area (Å²) in [5.41, 5.74) is 7.59. The molecular formula is C14H21FN2O. The Balaban J connectivity index is 2.21. The quantitative estimate of drug-likeness (QED) is 0.895. The number of rotatable bonds is 3. The zero-order valence-electron chi connectivity index (χ0n) is 11.0. The van der Waals surface area contributed by atoms with E-state index >= 15 is 0 Å². The molecule has 0 saturated carbocycles. The lowest BCUT2D eigenvalue weighted by molar-refractivity contribution is 0.0498. The molecule has 2 atom stereocenters. The summed E-state index contributed by atoms with van der Waals surface area (Å²) in [5, 5.41) is 0. The Morgan fingerprint density at radius 2 is 2.28 bits per heavy atom. The Kier molecular flexibility index (Phi) is 4.19. The van der Waals surface area contributed by atoms with Gasteiger partial charge in [-0.3, -0.25) is 0 Å². The van der Waals surface area contributed by atoms with Gasteiger partial charge in [0.15, 0.2) is 0 Å². The molecule has 1 fully saturated rings. The number of anilines is 1. The molecule has 0 spiro atoms. The number of nitrogens with two attached hydrogens (primary N) is 1. The number of hydrogen-bond donors (Lipinski definition) is 1. The second-order valence-corrected chi connectivity index (χ2v) is 4.96. The molecule has 1 heterocycles. The van der Waals surface area contributed by atoms with E-state index in [1.54, 1.807) is 7.11 Å². The molecule has 0 radical (unpaired) electrons. The molecule has 3 nitrogen and oxygen atoms in total. The maximum Gasteiger partial charge on any atom is 0.123 e. The molecule has 100 valence electrons. The summed E-state index contributed by atoms with van der Waals surface area (Å²) in [5.74, 6) is 0.334. The van der Waals surface area contributed by atoms with Crippen LogP contribution in [0.1, 0.15) is 18.9 Å². The van der Waals surface area contributed by atoms with E-state index in [2.05, 4.69) is 11.8 Å². The minimum atomic E-state index is -0.229. The van der Waals surface area contributed by atoms with Gasteiger partial charge in [0.1, 0.15) is 5.82 Å². The van der Waals surface area contributed by atoms with Crippen molar-refractivity contribution in [1.29, 1.82) is 0 Å². The van der Waals surface area contributed by atoms with Gasteiger partial charge in [-0.1, -0.05) is 6.92 Å². The molecule has 2 N–H and O–H groups in total. The van der Waals surface area contributed by atoms with Crippen LogP contribution in [0.3, 0.4) is 0 Å². The van der Waals surface area contributed by atoms with Crippen LogP contribution >= 0.6 is 0 Å². The molecule has 1 aromatic rings. The average Bonchev–Trinajstić information content (AvgIpc) is 2.39. The van der Waals surface area contributed by atoms with Gasteiger partial charge in [0.05, 0.1) is 6.10 Å². The summed E-state index contributed by atoms with van der Waals surface area (Å²) >= 11 is 0. The first-order chi connectivity index (χ1) is 8.65. The maximum atomic E-state index is 13.2. The monoisotopic (exact) mass is 252 g/mol. The number of ether oxygens (including phenoxy) is 1. The van der Waals surface area contributed by atoms with E-state index in [9.17, 15) is 4.39 Å². The molecule has 1 saturated heterocycles. The molecule has 0 bridgehead atoms. The van der Waals surface area contributed by atoms with Crippen molar-refractivity contribution in [3.63, 3.8) is 0 Å². The third-order valence-electron chi connectivity index (χ3n) is 3.79. The number of piperidine rings is 1. The van der Waals surface area contributed by atoms with Crippen molar-refractivity contribution in [2.45, 2.75) is 26.0 Å². The van der Waals surface area contributed by atoms with Crippen LogP contribution < -0.4 is 10.6 Å². The summed E-state index contributed by atoms with van der Waals surface area (Å²) in [6.45, 7) is 4.38. The van der Waals surface area contributed by atoms with Crippen molar-refractivity contribution in [3.8, 4) is 0 Å². The average molecular weight is 252 g/mol. The summed E-state index contributed by atoms with van der Waals surface area (Å²) in [4.78, 5) is 2.25. The van der Waals surface area contributed by atoms with Crippen LogP contribution in [0.25, 0.3) is 0 Å². The second kappa shape index (κ2) is 5.67. The van der Waals surface area contributed by atoms with Gasteiger partial charge in [0.25, 0.3) is 0 Å². The van der Waals surface area contributed by atoms with Gasteiger partial charge in [-0.25, -0.2) is 4.39 Å². The first kappa shape index (κ1) is 13.3. The van der Waals surface area contributed by atoms with Crippen LogP contribution in [0.5, 0.6) is 0 Å². The number of nitrogens with zero attached hydrogens (tertiary/aromatic N) is 1. The number of benzene rings is 1. The lowest BCUT2D eigenvalue weighted by atomic mass is 9.95. The molecule has 2 unspecified atom stereocenters. The zero-order chi connectivity index (χ0) is 13.1. The zero-order valence-corrected chi connectivity index (χ0v) is 11.0. The van der Waals surface area contributed by atoms with E-state index in [1.165, 1.54) is 12.1 Å². The lowest BCUT2D eigenvalue weighted by Gasteiger charge is -2.38. The first-order valence-corrected chi connectivity index (χ1v) is 6.42. The van der Waals surface area contributed by atoms with Crippen LogP contribution in [-0.4, -0.2) is 26.3 Å². The van der Waals surface area contributed by atoms with E-state index in [0.29, 0.717) is 12.5 Å². The van der Waals surface area contributed by atoms with Gasteiger partial charge in [0, 0.05) is 32.4 Å². The molecule has 2 rings (SSSR count). The highest BCUT2D eigenvalue weighted by Crippen LogP contribution is 2.27. The van der Waals surface area contributed by atoms with Crippen LogP contribution in [0.4, 0.5) is 10.1 Å². The minimum absolute atomic E-state index is 0.229. The fraction of sp³-hybridized carbons (Fsp3) is 0.571. The van der Waals surface area contributed by atoms with Crippen molar-refractivity contribution < 1.29 is 9.13 Å². The Bertz CT molecular complexity index is 411. The number of halogens is 1. The Hall–Kier alpha value is -1.13. The normalized spacial score (nSPS) is 24.3. The van der Waals surface area contributed by atoms with Crippen molar-refractivity contribution in [2.75, 3.05) is 25.1 Å². The minimum Gasteiger partial charge on any atom is -0.379 e. The topological polar surface area (TPSA) is 38.5 Å². The first-order valence-electron chi connectivity index (χ1n) is 6.42. The van der Waals surface area contributed by atoms with E-state index in [-0.39, 0.29) is 11.9 Å².